The van der Waals surface area contributed by atoms with E-state index >= 15 is 0 Å². The minimum atomic E-state index is -0.758. The van der Waals surface area contributed by atoms with E-state index in [9.17, 15) is 4.79 Å². The molecule has 0 aromatic heterocycles. The SMILES string of the molecule is CCCOc1ccc(CN2CCCC(N(C)CC(=O)O)CC2)cc1OC. The zero-order chi connectivity index (χ0) is 18.9. The summed E-state index contributed by atoms with van der Waals surface area (Å²) in [6.45, 7) is 5.77. The summed E-state index contributed by atoms with van der Waals surface area (Å²) < 4.78 is 11.2. The molecular formula is C20H32N2O4. The van der Waals surface area contributed by atoms with Crippen LogP contribution < -0.4 is 9.47 Å². The molecule has 1 unspecified atom stereocenters. The molecule has 0 amide bonds. The lowest BCUT2D eigenvalue weighted by Crippen LogP contribution is -2.36. The van der Waals surface area contributed by atoms with Gasteiger partial charge in [-0.15, -0.1) is 0 Å². The fraction of sp³-hybridized carbons (Fsp3) is 0.650. The van der Waals surface area contributed by atoms with Crippen molar-refractivity contribution >= 4 is 5.97 Å². The van der Waals surface area contributed by atoms with Crippen LogP contribution in [0.4, 0.5) is 0 Å². The zero-order valence-corrected chi connectivity index (χ0v) is 16.2. The maximum atomic E-state index is 10.9. The molecule has 1 aromatic carbocycles. The third-order valence-electron chi connectivity index (χ3n) is 4.89. The van der Waals surface area contributed by atoms with Gasteiger partial charge in [0.15, 0.2) is 11.5 Å². The van der Waals surface area contributed by atoms with Gasteiger partial charge in [-0.2, -0.15) is 0 Å². The van der Waals surface area contributed by atoms with Crippen LogP contribution in [0.5, 0.6) is 11.5 Å². The van der Waals surface area contributed by atoms with Gasteiger partial charge in [0.25, 0.3) is 0 Å². The molecule has 1 aliphatic rings. The van der Waals surface area contributed by atoms with Crippen molar-refractivity contribution in [1.82, 2.24) is 9.80 Å². The Kier molecular flexibility index (Phi) is 8.19. The molecule has 0 radical (unpaired) electrons. The fourth-order valence-electron chi connectivity index (χ4n) is 3.48. The van der Waals surface area contributed by atoms with Crippen LogP contribution in [0.2, 0.25) is 0 Å². The molecule has 6 nitrogen and oxygen atoms in total. The zero-order valence-electron chi connectivity index (χ0n) is 16.2. The molecule has 1 aromatic rings. The first-order chi connectivity index (χ1) is 12.5. The van der Waals surface area contributed by atoms with Gasteiger partial charge in [-0.1, -0.05) is 13.0 Å². The maximum absolute atomic E-state index is 10.9. The highest BCUT2D eigenvalue weighted by Crippen LogP contribution is 2.29. The summed E-state index contributed by atoms with van der Waals surface area (Å²) in [6.07, 6.45) is 4.10. The number of likely N-dealkylation sites (tertiary alicyclic amines) is 1. The number of likely N-dealkylation sites (N-methyl/N-ethyl adjacent to an activating group) is 1. The Morgan fingerprint density at radius 1 is 1.31 bits per heavy atom. The van der Waals surface area contributed by atoms with Crippen LogP contribution in [0.25, 0.3) is 0 Å². The quantitative estimate of drug-likeness (QED) is 0.727. The first-order valence-corrected chi connectivity index (χ1v) is 9.47. The number of rotatable bonds is 9. The summed E-state index contributed by atoms with van der Waals surface area (Å²) in [6, 6.07) is 6.50. The average molecular weight is 364 g/mol. The average Bonchev–Trinajstić information content (AvgIpc) is 2.85. The molecule has 2 rings (SSSR count). The van der Waals surface area contributed by atoms with Gasteiger partial charge in [0.1, 0.15) is 0 Å². The van der Waals surface area contributed by atoms with Crippen molar-refractivity contribution in [2.75, 3.05) is 40.4 Å². The Balaban J connectivity index is 1.93. The lowest BCUT2D eigenvalue weighted by Gasteiger charge is -2.25. The highest BCUT2D eigenvalue weighted by molar-refractivity contribution is 5.69. The number of carbonyl (C=O) groups is 1. The van der Waals surface area contributed by atoms with Crippen molar-refractivity contribution in [3.8, 4) is 11.5 Å². The molecule has 26 heavy (non-hydrogen) atoms. The van der Waals surface area contributed by atoms with Gasteiger partial charge in [-0.05, 0) is 63.5 Å². The number of carboxylic acids is 1. The van der Waals surface area contributed by atoms with E-state index in [1.54, 1.807) is 7.11 Å². The first-order valence-electron chi connectivity index (χ1n) is 9.47. The Morgan fingerprint density at radius 2 is 2.12 bits per heavy atom. The molecule has 0 saturated carbocycles. The topological polar surface area (TPSA) is 62.2 Å². The number of hydrogen-bond acceptors (Lipinski definition) is 5. The standard InChI is InChI=1S/C20H32N2O4/c1-4-12-26-18-8-7-16(13-19(18)25-3)14-22-10-5-6-17(9-11-22)21(2)15-20(23)24/h7-8,13,17H,4-6,9-12,14-15H2,1-3H3,(H,23,24). The van der Waals surface area contributed by atoms with E-state index in [2.05, 4.69) is 24.0 Å². The second-order valence-corrected chi connectivity index (χ2v) is 7.00. The van der Waals surface area contributed by atoms with Crippen LogP contribution in [0, 0.1) is 0 Å². The minimum absolute atomic E-state index is 0.112. The number of carboxylic acid groups (broad SMARTS) is 1. The van der Waals surface area contributed by atoms with Crippen molar-refractivity contribution in [2.24, 2.45) is 0 Å². The largest absolute Gasteiger partial charge is 0.493 e. The molecule has 1 aliphatic heterocycles. The molecule has 0 bridgehead atoms. The number of ether oxygens (including phenoxy) is 2. The summed E-state index contributed by atoms with van der Waals surface area (Å²) in [5.74, 6) is 0.820. The van der Waals surface area contributed by atoms with Crippen LogP contribution >= 0.6 is 0 Å². The van der Waals surface area contributed by atoms with Crippen molar-refractivity contribution in [1.29, 1.82) is 0 Å². The predicted molar refractivity (Wildman–Crippen MR) is 102 cm³/mol. The summed E-state index contributed by atoms with van der Waals surface area (Å²) >= 11 is 0. The molecular weight excluding hydrogens is 332 g/mol. The van der Waals surface area contributed by atoms with Crippen LogP contribution in [0.1, 0.15) is 38.2 Å². The molecule has 146 valence electrons. The monoisotopic (exact) mass is 364 g/mol. The highest BCUT2D eigenvalue weighted by Gasteiger charge is 2.22. The Morgan fingerprint density at radius 3 is 2.81 bits per heavy atom. The highest BCUT2D eigenvalue weighted by atomic mass is 16.5. The number of hydrogen-bond donors (Lipinski definition) is 1. The normalized spacial score (nSPS) is 18.5. The van der Waals surface area contributed by atoms with Crippen molar-refractivity contribution in [3.63, 3.8) is 0 Å². The smallest absolute Gasteiger partial charge is 0.317 e. The van der Waals surface area contributed by atoms with E-state index in [1.165, 1.54) is 5.56 Å². The lowest BCUT2D eigenvalue weighted by molar-refractivity contribution is -0.138. The fourth-order valence-corrected chi connectivity index (χ4v) is 3.48. The van der Waals surface area contributed by atoms with Gasteiger partial charge in [-0.25, -0.2) is 0 Å². The van der Waals surface area contributed by atoms with Crippen molar-refractivity contribution < 1.29 is 19.4 Å². The van der Waals surface area contributed by atoms with Gasteiger partial charge >= 0.3 is 5.97 Å². The first kappa shape index (κ1) is 20.5. The van der Waals surface area contributed by atoms with Gasteiger partial charge in [0, 0.05) is 12.6 Å². The van der Waals surface area contributed by atoms with E-state index in [4.69, 9.17) is 14.6 Å². The molecule has 0 spiro atoms. The summed E-state index contributed by atoms with van der Waals surface area (Å²) in [7, 11) is 3.58. The van der Waals surface area contributed by atoms with Crippen LogP contribution in [0.3, 0.4) is 0 Å². The lowest BCUT2D eigenvalue weighted by atomic mass is 10.1. The third-order valence-corrected chi connectivity index (χ3v) is 4.89. The summed E-state index contributed by atoms with van der Waals surface area (Å²) in [5.41, 5.74) is 1.21. The Bertz CT molecular complexity index is 579. The van der Waals surface area contributed by atoms with Gasteiger partial charge < -0.3 is 14.6 Å². The molecule has 1 N–H and O–H groups in total. The van der Waals surface area contributed by atoms with E-state index in [0.717, 1.165) is 56.8 Å². The van der Waals surface area contributed by atoms with Crippen molar-refractivity contribution in [2.45, 2.75) is 45.2 Å². The molecule has 1 heterocycles. The Labute approximate surface area is 156 Å². The van der Waals surface area contributed by atoms with E-state index in [-0.39, 0.29) is 6.54 Å². The summed E-state index contributed by atoms with van der Waals surface area (Å²) in [4.78, 5) is 15.3. The molecule has 1 atom stereocenters. The molecule has 1 saturated heterocycles. The van der Waals surface area contributed by atoms with Gasteiger partial charge in [0.2, 0.25) is 0 Å². The maximum Gasteiger partial charge on any atom is 0.317 e. The van der Waals surface area contributed by atoms with Crippen LogP contribution in [0.15, 0.2) is 18.2 Å². The number of nitrogens with zero attached hydrogens (tertiary/aromatic N) is 2. The number of aliphatic carboxylic acids is 1. The molecule has 1 fully saturated rings. The molecule has 6 heteroatoms. The number of methoxy groups -OCH3 is 1. The predicted octanol–water partition coefficient (Wildman–Crippen LogP) is 2.85. The van der Waals surface area contributed by atoms with Gasteiger partial charge in [0.05, 0.1) is 20.3 Å². The van der Waals surface area contributed by atoms with E-state index in [0.29, 0.717) is 12.6 Å². The minimum Gasteiger partial charge on any atom is -0.493 e. The second kappa shape index (κ2) is 10.4. The van der Waals surface area contributed by atoms with Crippen LogP contribution in [-0.2, 0) is 11.3 Å². The van der Waals surface area contributed by atoms with Gasteiger partial charge in [-0.3, -0.25) is 14.6 Å². The van der Waals surface area contributed by atoms with E-state index in [1.807, 2.05) is 18.0 Å². The van der Waals surface area contributed by atoms with Crippen LogP contribution in [-0.4, -0.2) is 67.3 Å². The molecule has 0 aliphatic carbocycles. The third kappa shape index (κ3) is 6.18. The Hall–Kier alpha value is -1.79. The number of benzene rings is 1. The van der Waals surface area contributed by atoms with Crippen molar-refractivity contribution in [3.05, 3.63) is 23.8 Å². The second-order valence-electron chi connectivity index (χ2n) is 7.00. The summed E-state index contributed by atoms with van der Waals surface area (Å²) in [5, 5.41) is 8.98. The van der Waals surface area contributed by atoms with E-state index < -0.39 is 5.97 Å².